The zero-order valence-electron chi connectivity index (χ0n) is 21.4. The Balaban J connectivity index is 1.78. The molecular formula is C29H28N4O3S. The number of hydrogen-bond donors (Lipinski definition) is 2. The third-order valence-electron chi connectivity index (χ3n) is 6.92. The van der Waals surface area contributed by atoms with E-state index >= 15 is 0 Å². The molecule has 0 fully saturated rings. The second-order valence-corrected chi connectivity index (χ2v) is 11.8. The van der Waals surface area contributed by atoms with E-state index in [1.807, 2.05) is 33.8 Å². The minimum absolute atomic E-state index is 0.0520. The summed E-state index contributed by atoms with van der Waals surface area (Å²) in [7, 11) is -3.87. The molecule has 8 heteroatoms. The van der Waals surface area contributed by atoms with E-state index in [-0.39, 0.29) is 10.8 Å². The third-order valence-corrected chi connectivity index (χ3v) is 8.61. The molecule has 1 unspecified atom stereocenters. The zero-order chi connectivity index (χ0) is 26.7. The maximum atomic E-state index is 13.7. The Hall–Kier alpha value is -3.93. The lowest BCUT2D eigenvalue weighted by molar-refractivity contribution is 0.0938. The fraction of sp³-hybridized carbons (Fsp3) is 0.241. The van der Waals surface area contributed by atoms with Crippen molar-refractivity contribution >= 4 is 32.0 Å². The third kappa shape index (κ3) is 3.91. The summed E-state index contributed by atoms with van der Waals surface area (Å²) in [6.45, 7) is 9.54. The summed E-state index contributed by atoms with van der Waals surface area (Å²) in [5.74, 6) is 0.370. The molecule has 0 aliphatic carbocycles. The van der Waals surface area contributed by atoms with Gasteiger partial charge in [-0.15, -0.1) is 0 Å². The van der Waals surface area contributed by atoms with Gasteiger partial charge in [0.25, 0.3) is 10.0 Å². The Labute approximate surface area is 216 Å². The van der Waals surface area contributed by atoms with Gasteiger partial charge in [0.05, 0.1) is 33.1 Å². The average Bonchev–Trinajstić information content (AvgIpc) is 3.49. The van der Waals surface area contributed by atoms with Crippen molar-refractivity contribution in [2.75, 3.05) is 0 Å². The topological polar surface area (TPSA) is 112 Å². The van der Waals surface area contributed by atoms with Crippen LogP contribution < -0.4 is 0 Å². The molecule has 1 atom stereocenters. The van der Waals surface area contributed by atoms with Crippen molar-refractivity contribution < 1.29 is 13.5 Å². The molecule has 0 saturated heterocycles. The summed E-state index contributed by atoms with van der Waals surface area (Å²) in [5.41, 5.74) is 3.96. The number of nitrogens with one attached hydrogen (secondary N) is 1. The van der Waals surface area contributed by atoms with Crippen molar-refractivity contribution in [1.29, 1.82) is 5.26 Å². The molecule has 2 aromatic heterocycles. The molecule has 0 spiro atoms. The fourth-order valence-corrected chi connectivity index (χ4v) is 6.39. The molecule has 2 N–H and O–H groups in total. The molecule has 2 heterocycles. The first-order valence-corrected chi connectivity index (χ1v) is 13.5. The van der Waals surface area contributed by atoms with E-state index in [0.29, 0.717) is 38.9 Å². The number of rotatable bonds is 5. The van der Waals surface area contributed by atoms with Gasteiger partial charge in [-0.2, -0.15) is 5.26 Å². The summed E-state index contributed by atoms with van der Waals surface area (Å²) in [6, 6.07) is 17.7. The summed E-state index contributed by atoms with van der Waals surface area (Å²) < 4.78 is 28.6. The van der Waals surface area contributed by atoms with E-state index in [0.717, 1.165) is 16.7 Å². The molecule has 37 heavy (non-hydrogen) atoms. The van der Waals surface area contributed by atoms with E-state index in [9.17, 15) is 18.8 Å². The predicted molar refractivity (Wildman–Crippen MR) is 144 cm³/mol. The molecule has 0 aliphatic rings. The lowest BCUT2D eigenvalue weighted by Gasteiger charge is -2.28. The van der Waals surface area contributed by atoms with Crippen molar-refractivity contribution in [3.05, 3.63) is 94.4 Å². The monoisotopic (exact) mass is 512 g/mol. The molecule has 0 amide bonds. The van der Waals surface area contributed by atoms with Crippen LogP contribution in [0.1, 0.15) is 60.3 Å². The highest BCUT2D eigenvalue weighted by molar-refractivity contribution is 7.90. The Bertz CT molecular complexity index is 1820. The standard InChI is InChI=1S/C29H28N4O3S/c1-17(2)23-14-19(4)27-22(12-13-33(27)37(35,36)21-9-6-18(3)7-10-21)26(23)29(5,34)28-31-24-11-8-20(16-30)15-25(24)32-28/h6-15,17,34H,1-5H3,(H,31,32). The number of fused-ring (bicyclic) bond motifs is 2. The van der Waals surface area contributed by atoms with E-state index in [2.05, 4.69) is 16.0 Å². The number of aromatic amines is 1. The quantitative estimate of drug-likeness (QED) is 0.317. The van der Waals surface area contributed by atoms with E-state index in [4.69, 9.17) is 0 Å². The normalized spacial score (nSPS) is 13.8. The Kier molecular flexibility index (Phi) is 5.74. The molecule has 0 radical (unpaired) electrons. The van der Waals surface area contributed by atoms with Crippen LogP contribution in [0.15, 0.2) is 65.7 Å². The van der Waals surface area contributed by atoms with E-state index in [1.165, 1.54) is 3.97 Å². The van der Waals surface area contributed by atoms with Crippen LogP contribution in [0.3, 0.4) is 0 Å². The number of imidazole rings is 1. The maximum absolute atomic E-state index is 13.7. The highest BCUT2D eigenvalue weighted by Gasteiger charge is 2.36. The molecule has 0 bridgehead atoms. The molecule has 188 valence electrons. The van der Waals surface area contributed by atoms with Crippen molar-refractivity contribution in [1.82, 2.24) is 13.9 Å². The molecule has 3 aromatic carbocycles. The lowest BCUT2D eigenvalue weighted by Crippen LogP contribution is -2.27. The second-order valence-electron chi connectivity index (χ2n) is 10.0. The van der Waals surface area contributed by atoms with Crippen LogP contribution in [0.25, 0.3) is 21.9 Å². The van der Waals surface area contributed by atoms with Crippen LogP contribution in [0, 0.1) is 25.2 Å². The number of nitrogens with zero attached hydrogens (tertiary/aromatic N) is 3. The number of hydrogen-bond acceptors (Lipinski definition) is 5. The van der Waals surface area contributed by atoms with Gasteiger partial charge in [0.2, 0.25) is 0 Å². The van der Waals surface area contributed by atoms with Crippen molar-refractivity contribution in [3.8, 4) is 6.07 Å². The average molecular weight is 513 g/mol. The second kappa shape index (κ2) is 8.58. The first-order chi connectivity index (χ1) is 17.4. The maximum Gasteiger partial charge on any atom is 0.268 e. The predicted octanol–water partition coefficient (Wildman–Crippen LogP) is 5.62. The van der Waals surface area contributed by atoms with Gasteiger partial charge in [-0.05, 0) is 74.2 Å². The lowest BCUT2D eigenvalue weighted by atomic mass is 9.82. The van der Waals surface area contributed by atoms with E-state index in [1.54, 1.807) is 61.7 Å². The summed E-state index contributed by atoms with van der Waals surface area (Å²) in [5, 5.41) is 21.9. The largest absolute Gasteiger partial charge is 0.377 e. The highest BCUT2D eigenvalue weighted by Crippen LogP contribution is 2.41. The zero-order valence-corrected chi connectivity index (χ0v) is 22.2. The van der Waals surface area contributed by atoms with Gasteiger partial charge < -0.3 is 10.1 Å². The summed E-state index contributed by atoms with van der Waals surface area (Å²) in [6.07, 6.45) is 1.55. The smallest absolute Gasteiger partial charge is 0.268 e. The number of benzene rings is 3. The molecule has 5 aromatic rings. The number of nitriles is 1. The Morgan fingerprint density at radius 1 is 1.08 bits per heavy atom. The SMILES string of the molecule is Cc1ccc(S(=O)(=O)n2ccc3c(C(C)(O)c4nc5cc(C#N)ccc5[nH]4)c(C(C)C)cc(C)c32)cc1. The molecule has 5 rings (SSSR count). The molecule has 0 aliphatic heterocycles. The van der Waals surface area contributed by atoms with Crippen LogP contribution in [0.4, 0.5) is 0 Å². The van der Waals surface area contributed by atoms with Crippen molar-refractivity contribution in [2.45, 2.75) is 51.0 Å². The van der Waals surface area contributed by atoms with Crippen LogP contribution >= 0.6 is 0 Å². The first kappa shape index (κ1) is 24.8. The summed E-state index contributed by atoms with van der Waals surface area (Å²) >= 11 is 0. The van der Waals surface area contributed by atoms with E-state index < -0.39 is 15.6 Å². The Morgan fingerprint density at radius 3 is 2.43 bits per heavy atom. The number of aromatic nitrogens is 3. The highest BCUT2D eigenvalue weighted by atomic mass is 32.2. The van der Waals surface area contributed by atoms with Gasteiger partial charge in [0, 0.05) is 17.1 Å². The van der Waals surface area contributed by atoms with Gasteiger partial charge in [0.15, 0.2) is 0 Å². The minimum atomic E-state index is -3.87. The van der Waals surface area contributed by atoms with Crippen LogP contribution in [0.2, 0.25) is 0 Å². The van der Waals surface area contributed by atoms with Gasteiger partial charge in [-0.1, -0.05) is 37.6 Å². The molecular weight excluding hydrogens is 484 g/mol. The molecule has 7 nitrogen and oxygen atoms in total. The van der Waals surface area contributed by atoms with Gasteiger partial charge in [-0.3, -0.25) is 0 Å². The van der Waals surface area contributed by atoms with Crippen LogP contribution in [-0.4, -0.2) is 27.5 Å². The molecule has 0 saturated carbocycles. The number of aryl methyl sites for hydroxylation is 2. The fourth-order valence-electron chi connectivity index (χ4n) is 4.98. The summed E-state index contributed by atoms with van der Waals surface area (Å²) in [4.78, 5) is 8.03. The number of H-pyrrole nitrogens is 1. The minimum Gasteiger partial charge on any atom is -0.377 e. The Morgan fingerprint density at radius 2 is 1.78 bits per heavy atom. The van der Waals surface area contributed by atoms with Crippen molar-refractivity contribution in [3.63, 3.8) is 0 Å². The van der Waals surface area contributed by atoms with Crippen LogP contribution in [-0.2, 0) is 15.6 Å². The van der Waals surface area contributed by atoms with Gasteiger partial charge in [-0.25, -0.2) is 17.4 Å². The number of aliphatic hydroxyl groups is 1. The first-order valence-electron chi connectivity index (χ1n) is 12.0. The van der Waals surface area contributed by atoms with Gasteiger partial charge in [0.1, 0.15) is 11.4 Å². The van der Waals surface area contributed by atoms with Crippen molar-refractivity contribution in [2.24, 2.45) is 0 Å². The van der Waals surface area contributed by atoms with Gasteiger partial charge >= 0.3 is 0 Å². The van der Waals surface area contributed by atoms with Crippen LogP contribution in [0.5, 0.6) is 0 Å².